The van der Waals surface area contributed by atoms with Crippen LogP contribution in [0.3, 0.4) is 0 Å². The van der Waals surface area contributed by atoms with Gasteiger partial charge in [0.15, 0.2) is 5.96 Å². The summed E-state index contributed by atoms with van der Waals surface area (Å²) in [7, 11) is 0. The SMILES string of the molecule is CCCCNC(N)=NCc1ncc(C(C)(C)C)o1. The van der Waals surface area contributed by atoms with E-state index in [1.165, 1.54) is 0 Å². The quantitative estimate of drug-likeness (QED) is 0.478. The molecule has 0 aliphatic carbocycles. The molecule has 18 heavy (non-hydrogen) atoms. The fraction of sp³-hybridized carbons (Fsp3) is 0.692. The van der Waals surface area contributed by atoms with Crippen molar-refractivity contribution in [3.63, 3.8) is 0 Å². The van der Waals surface area contributed by atoms with Gasteiger partial charge in [0.05, 0.1) is 6.20 Å². The molecule has 1 heterocycles. The van der Waals surface area contributed by atoms with Gasteiger partial charge in [0.2, 0.25) is 5.89 Å². The zero-order valence-electron chi connectivity index (χ0n) is 11.8. The Labute approximate surface area is 109 Å². The minimum atomic E-state index is -0.0279. The Bertz CT molecular complexity index is 390. The van der Waals surface area contributed by atoms with E-state index in [0.29, 0.717) is 18.4 Å². The molecule has 0 unspecified atom stereocenters. The first-order valence-corrected chi connectivity index (χ1v) is 6.42. The lowest BCUT2D eigenvalue weighted by Gasteiger charge is -2.12. The fourth-order valence-electron chi connectivity index (χ4n) is 1.33. The van der Waals surface area contributed by atoms with Gasteiger partial charge in [-0.1, -0.05) is 34.1 Å². The molecule has 0 amide bonds. The molecular weight excluding hydrogens is 228 g/mol. The Hall–Kier alpha value is -1.52. The molecule has 3 N–H and O–H groups in total. The van der Waals surface area contributed by atoms with Gasteiger partial charge >= 0.3 is 0 Å². The maximum Gasteiger partial charge on any atom is 0.216 e. The van der Waals surface area contributed by atoms with Gasteiger partial charge in [-0.3, -0.25) is 0 Å². The largest absolute Gasteiger partial charge is 0.443 e. The van der Waals surface area contributed by atoms with Crippen molar-refractivity contribution in [2.24, 2.45) is 10.7 Å². The second-order valence-corrected chi connectivity index (χ2v) is 5.35. The highest BCUT2D eigenvalue weighted by Crippen LogP contribution is 2.22. The first-order valence-electron chi connectivity index (χ1n) is 6.42. The highest BCUT2D eigenvalue weighted by molar-refractivity contribution is 5.77. The minimum absolute atomic E-state index is 0.0279. The van der Waals surface area contributed by atoms with Crippen LogP contribution in [0, 0.1) is 0 Å². The second kappa shape index (κ2) is 6.42. The summed E-state index contributed by atoms with van der Waals surface area (Å²) >= 11 is 0. The average Bonchev–Trinajstić information content (AvgIpc) is 2.75. The van der Waals surface area contributed by atoms with Crippen molar-refractivity contribution in [3.05, 3.63) is 17.8 Å². The summed E-state index contributed by atoms with van der Waals surface area (Å²) in [5.74, 6) is 1.91. The van der Waals surface area contributed by atoms with E-state index < -0.39 is 0 Å². The fourth-order valence-corrected chi connectivity index (χ4v) is 1.33. The Morgan fingerprint density at radius 2 is 2.22 bits per heavy atom. The van der Waals surface area contributed by atoms with E-state index in [0.717, 1.165) is 25.1 Å². The number of nitrogens with one attached hydrogen (secondary N) is 1. The van der Waals surface area contributed by atoms with Crippen LogP contribution >= 0.6 is 0 Å². The van der Waals surface area contributed by atoms with Crippen molar-refractivity contribution >= 4 is 5.96 Å². The Morgan fingerprint density at radius 1 is 1.50 bits per heavy atom. The number of unbranched alkanes of at least 4 members (excludes halogenated alkanes) is 1. The van der Waals surface area contributed by atoms with Gasteiger partial charge in [0.1, 0.15) is 12.3 Å². The molecule has 5 heteroatoms. The number of hydrogen-bond donors (Lipinski definition) is 2. The molecule has 102 valence electrons. The third-order valence-corrected chi connectivity index (χ3v) is 2.51. The summed E-state index contributed by atoms with van der Waals surface area (Å²) in [5, 5.41) is 3.05. The van der Waals surface area contributed by atoms with Crippen LogP contribution in [-0.4, -0.2) is 17.5 Å². The lowest BCUT2D eigenvalue weighted by Crippen LogP contribution is -2.32. The van der Waals surface area contributed by atoms with E-state index in [-0.39, 0.29) is 5.41 Å². The van der Waals surface area contributed by atoms with Gasteiger partial charge in [-0.2, -0.15) is 0 Å². The zero-order valence-corrected chi connectivity index (χ0v) is 11.8. The van der Waals surface area contributed by atoms with E-state index in [9.17, 15) is 0 Å². The third kappa shape index (κ3) is 4.77. The Kier molecular flexibility index (Phi) is 5.19. The van der Waals surface area contributed by atoms with Crippen LogP contribution in [0.15, 0.2) is 15.6 Å². The van der Waals surface area contributed by atoms with Crippen molar-refractivity contribution in [2.45, 2.75) is 52.5 Å². The smallest absolute Gasteiger partial charge is 0.216 e. The molecule has 1 aromatic rings. The summed E-state index contributed by atoms with van der Waals surface area (Å²) in [6, 6.07) is 0. The maximum atomic E-state index is 5.72. The molecule has 0 aliphatic rings. The zero-order chi connectivity index (χ0) is 13.6. The van der Waals surface area contributed by atoms with Gasteiger partial charge < -0.3 is 15.5 Å². The summed E-state index contributed by atoms with van der Waals surface area (Å²) in [5.41, 5.74) is 5.70. The predicted octanol–water partition coefficient (Wildman–Crippen LogP) is 2.18. The number of nitrogens with two attached hydrogens (primary N) is 1. The molecule has 0 spiro atoms. The van der Waals surface area contributed by atoms with Crippen molar-refractivity contribution in [1.82, 2.24) is 10.3 Å². The van der Waals surface area contributed by atoms with E-state index in [4.69, 9.17) is 10.2 Å². The molecule has 0 bridgehead atoms. The summed E-state index contributed by atoms with van der Waals surface area (Å²) < 4.78 is 5.62. The van der Waals surface area contributed by atoms with Crippen LogP contribution < -0.4 is 11.1 Å². The lowest BCUT2D eigenvalue weighted by atomic mass is 9.94. The molecule has 0 saturated heterocycles. The van der Waals surface area contributed by atoms with Gasteiger partial charge in [-0.15, -0.1) is 0 Å². The third-order valence-electron chi connectivity index (χ3n) is 2.51. The van der Waals surface area contributed by atoms with Gasteiger partial charge in [-0.25, -0.2) is 9.98 Å². The average molecular weight is 252 g/mol. The summed E-state index contributed by atoms with van der Waals surface area (Å²) in [6.07, 6.45) is 3.98. The summed E-state index contributed by atoms with van der Waals surface area (Å²) in [4.78, 5) is 8.38. The molecule has 0 atom stereocenters. The van der Waals surface area contributed by atoms with Crippen molar-refractivity contribution in [1.29, 1.82) is 0 Å². The summed E-state index contributed by atoms with van der Waals surface area (Å²) in [6.45, 7) is 9.62. The number of guanidine groups is 1. The standard InChI is InChI=1S/C13H24N4O/c1-5-6-7-15-12(14)17-9-11-16-8-10(18-11)13(2,3)4/h8H,5-7,9H2,1-4H3,(H3,14,15,17). The van der Waals surface area contributed by atoms with E-state index in [1.54, 1.807) is 6.20 Å². The molecule has 1 aromatic heterocycles. The molecule has 1 rings (SSSR count). The number of aromatic nitrogens is 1. The van der Waals surface area contributed by atoms with Crippen molar-refractivity contribution in [3.8, 4) is 0 Å². The van der Waals surface area contributed by atoms with E-state index in [2.05, 4.69) is 43.0 Å². The van der Waals surface area contributed by atoms with E-state index in [1.807, 2.05) is 0 Å². The highest BCUT2D eigenvalue weighted by Gasteiger charge is 2.18. The number of rotatable bonds is 5. The van der Waals surface area contributed by atoms with Crippen LogP contribution in [0.25, 0.3) is 0 Å². The number of aliphatic imine (C=N–C) groups is 1. The number of hydrogen-bond acceptors (Lipinski definition) is 3. The maximum absolute atomic E-state index is 5.72. The van der Waals surface area contributed by atoms with Crippen LogP contribution in [0.4, 0.5) is 0 Å². The first-order chi connectivity index (χ1) is 8.43. The highest BCUT2D eigenvalue weighted by atomic mass is 16.4. The van der Waals surface area contributed by atoms with Gasteiger partial charge in [0, 0.05) is 12.0 Å². The Balaban J connectivity index is 2.48. The number of nitrogens with zero attached hydrogens (tertiary/aromatic N) is 2. The van der Waals surface area contributed by atoms with Crippen LogP contribution in [0.2, 0.25) is 0 Å². The molecule has 0 aliphatic heterocycles. The molecule has 0 saturated carbocycles. The molecule has 0 radical (unpaired) electrons. The number of oxazole rings is 1. The van der Waals surface area contributed by atoms with Crippen LogP contribution in [0.5, 0.6) is 0 Å². The molecule has 5 nitrogen and oxygen atoms in total. The van der Waals surface area contributed by atoms with Crippen LogP contribution in [0.1, 0.15) is 52.2 Å². The predicted molar refractivity (Wildman–Crippen MR) is 73.4 cm³/mol. The molecular formula is C13H24N4O. The van der Waals surface area contributed by atoms with Crippen molar-refractivity contribution in [2.75, 3.05) is 6.54 Å². The normalized spacial score (nSPS) is 12.8. The Morgan fingerprint density at radius 3 is 2.78 bits per heavy atom. The van der Waals surface area contributed by atoms with Gasteiger partial charge in [-0.05, 0) is 6.42 Å². The van der Waals surface area contributed by atoms with Gasteiger partial charge in [0.25, 0.3) is 0 Å². The topological polar surface area (TPSA) is 76.4 Å². The molecule has 0 aromatic carbocycles. The van der Waals surface area contributed by atoms with Crippen molar-refractivity contribution < 1.29 is 4.42 Å². The van der Waals surface area contributed by atoms with E-state index >= 15 is 0 Å². The first kappa shape index (κ1) is 14.5. The molecule has 0 fully saturated rings. The second-order valence-electron chi connectivity index (χ2n) is 5.35. The lowest BCUT2D eigenvalue weighted by molar-refractivity contribution is 0.383. The minimum Gasteiger partial charge on any atom is -0.443 e. The van der Waals surface area contributed by atoms with Crippen LogP contribution in [-0.2, 0) is 12.0 Å². The monoisotopic (exact) mass is 252 g/mol.